The molecule has 0 spiro atoms. The third-order valence-corrected chi connectivity index (χ3v) is 3.15. The van der Waals surface area contributed by atoms with Gasteiger partial charge in [-0.2, -0.15) is 0 Å². The van der Waals surface area contributed by atoms with Crippen LogP contribution in [0.15, 0.2) is 24.3 Å². The van der Waals surface area contributed by atoms with Gasteiger partial charge in [0, 0.05) is 0 Å². The molecule has 0 radical (unpaired) electrons. The quantitative estimate of drug-likeness (QED) is 0.560. The molecule has 21 heavy (non-hydrogen) atoms. The lowest BCUT2D eigenvalue weighted by molar-refractivity contribution is -0.146. The van der Waals surface area contributed by atoms with E-state index >= 15 is 0 Å². The van der Waals surface area contributed by atoms with Crippen LogP contribution < -0.4 is 15.2 Å². The van der Waals surface area contributed by atoms with Gasteiger partial charge in [0.2, 0.25) is 0 Å². The van der Waals surface area contributed by atoms with E-state index < -0.39 is 5.54 Å². The highest BCUT2D eigenvalue weighted by atomic mass is 16.5. The molecule has 1 unspecified atom stereocenters. The summed E-state index contributed by atoms with van der Waals surface area (Å²) < 4.78 is 15.7. The predicted octanol–water partition coefficient (Wildman–Crippen LogP) is 2.52. The summed E-state index contributed by atoms with van der Waals surface area (Å²) in [5.41, 5.74) is 4.96. The van der Waals surface area contributed by atoms with E-state index in [0.29, 0.717) is 19.6 Å². The summed E-state index contributed by atoms with van der Waals surface area (Å²) in [6, 6.07) is 7.53. The topological polar surface area (TPSA) is 70.8 Å². The largest absolute Gasteiger partial charge is 0.494 e. The highest BCUT2D eigenvalue weighted by Crippen LogP contribution is 2.18. The number of rotatable bonds is 9. The van der Waals surface area contributed by atoms with Crippen molar-refractivity contribution >= 4 is 5.97 Å². The SMILES string of the molecule is CCOc1ccc(OCCCCC(C)(N)C(=O)OC)cc1. The number of hydrogen-bond acceptors (Lipinski definition) is 5. The minimum atomic E-state index is -0.923. The van der Waals surface area contributed by atoms with Gasteiger partial charge >= 0.3 is 5.97 Å². The zero-order chi connectivity index (χ0) is 15.7. The van der Waals surface area contributed by atoms with Crippen LogP contribution in [0.2, 0.25) is 0 Å². The summed E-state index contributed by atoms with van der Waals surface area (Å²) in [6.45, 7) is 4.87. The molecule has 1 aromatic rings. The molecule has 0 saturated carbocycles. The molecule has 0 fully saturated rings. The smallest absolute Gasteiger partial charge is 0.325 e. The fourth-order valence-electron chi connectivity index (χ4n) is 1.92. The predicted molar refractivity (Wildman–Crippen MR) is 81.6 cm³/mol. The zero-order valence-corrected chi connectivity index (χ0v) is 13.1. The highest BCUT2D eigenvalue weighted by molar-refractivity contribution is 5.79. The second kappa shape index (κ2) is 8.52. The maximum Gasteiger partial charge on any atom is 0.325 e. The Kier molecular flexibility index (Phi) is 7.02. The Labute approximate surface area is 126 Å². The Morgan fingerprint density at radius 1 is 1.14 bits per heavy atom. The van der Waals surface area contributed by atoms with Crippen LogP contribution >= 0.6 is 0 Å². The molecule has 0 aliphatic heterocycles. The first kappa shape index (κ1) is 17.3. The number of esters is 1. The maximum atomic E-state index is 11.4. The van der Waals surface area contributed by atoms with Gasteiger partial charge in [0.15, 0.2) is 0 Å². The normalized spacial score (nSPS) is 13.3. The van der Waals surface area contributed by atoms with Crippen molar-refractivity contribution in [3.05, 3.63) is 24.3 Å². The number of hydrogen-bond donors (Lipinski definition) is 1. The number of carbonyl (C=O) groups excluding carboxylic acids is 1. The molecule has 5 heteroatoms. The molecule has 1 rings (SSSR count). The van der Waals surface area contributed by atoms with Gasteiger partial charge in [0.25, 0.3) is 0 Å². The molecule has 1 aromatic carbocycles. The first-order valence-electron chi connectivity index (χ1n) is 7.22. The molecule has 0 heterocycles. The number of benzene rings is 1. The number of carbonyl (C=O) groups is 1. The van der Waals surface area contributed by atoms with Crippen molar-refractivity contribution in [2.75, 3.05) is 20.3 Å². The van der Waals surface area contributed by atoms with Crippen LogP contribution in [0.3, 0.4) is 0 Å². The first-order chi connectivity index (χ1) is 9.99. The molecule has 0 amide bonds. The molecule has 0 aliphatic rings. The molecule has 0 aromatic heterocycles. The minimum Gasteiger partial charge on any atom is -0.494 e. The molecule has 1 atom stereocenters. The van der Waals surface area contributed by atoms with E-state index in [1.807, 2.05) is 31.2 Å². The minimum absolute atomic E-state index is 0.380. The van der Waals surface area contributed by atoms with Crippen molar-refractivity contribution in [1.82, 2.24) is 0 Å². The molecule has 5 nitrogen and oxygen atoms in total. The first-order valence-corrected chi connectivity index (χ1v) is 7.22. The van der Waals surface area contributed by atoms with Gasteiger partial charge in [-0.15, -0.1) is 0 Å². The van der Waals surface area contributed by atoms with Gasteiger partial charge in [0.05, 0.1) is 20.3 Å². The van der Waals surface area contributed by atoms with Crippen molar-refractivity contribution in [3.8, 4) is 11.5 Å². The van der Waals surface area contributed by atoms with Crippen LogP contribution in [-0.2, 0) is 9.53 Å². The lowest BCUT2D eigenvalue weighted by Crippen LogP contribution is -2.45. The van der Waals surface area contributed by atoms with E-state index in [1.54, 1.807) is 6.92 Å². The standard InChI is InChI=1S/C16H25NO4/c1-4-20-13-7-9-14(10-8-13)21-12-6-5-11-16(2,17)15(18)19-3/h7-10H,4-6,11-12,17H2,1-3H3. The van der Waals surface area contributed by atoms with Crippen LogP contribution in [0.4, 0.5) is 0 Å². The Balaban J connectivity index is 2.23. The molecule has 2 N–H and O–H groups in total. The van der Waals surface area contributed by atoms with Crippen LogP contribution in [0, 0.1) is 0 Å². The van der Waals surface area contributed by atoms with Gasteiger partial charge in [-0.25, -0.2) is 0 Å². The van der Waals surface area contributed by atoms with Gasteiger partial charge in [-0.05, 0) is 57.4 Å². The fraction of sp³-hybridized carbons (Fsp3) is 0.562. The Morgan fingerprint density at radius 3 is 2.24 bits per heavy atom. The van der Waals surface area contributed by atoms with Crippen LogP contribution in [-0.4, -0.2) is 31.8 Å². The second-order valence-electron chi connectivity index (χ2n) is 5.12. The molecular formula is C16H25NO4. The number of nitrogens with two attached hydrogens (primary N) is 1. The average molecular weight is 295 g/mol. The molecule has 118 valence electrons. The molecule has 0 saturated heterocycles. The molecular weight excluding hydrogens is 270 g/mol. The third-order valence-electron chi connectivity index (χ3n) is 3.15. The van der Waals surface area contributed by atoms with E-state index in [0.717, 1.165) is 24.3 Å². The van der Waals surface area contributed by atoms with Crippen LogP contribution in [0.5, 0.6) is 11.5 Å². The van der Waals surface area contributed by atoms with E-state index in [1.165, 1.54) is 7.11 Å². The van der Waals surface area contributed by atoms with E-state index in [-0.39, 0.29) is 5.97 Å². The van der Waals surface area contributed by atoms with Crippen molar-refractivity contribution in [1.29, 1.82) is 0 Å². The van der Waals surface area contributed by atoms with Gasteiger partial charge in [-0.1, -0.05) is 0 Å². The van der Waals surface area contributed by atoms with Gasteiger partial charge in [-0.3, -0.25) is 4.79 Å². The Hall–Kier alpha value is -1.75. The average Bonchev–Trinajstić information content (AvgIpc) is 2.48. The van der Waals surface area contributed by atoms with Crippen molar-refractivity contribution in [2.45, 2.75) is 38.6 Å². The lowest BCUT2D eigenvalue weighted by atomic mass is 9.96. The number of methoxy groups -OCH3 is 1. The highest BCUT2D eigenvalue weighted by Gasteiger charge is 2.28. The maximum absolute atomic E-state index is 11.4. The van der Waals surface area contributed by atoms with Crippen molar-refractivity contribution in [2.24, 2.45) is 5.73 Å². The number of unbranched alkanes of at least 4 members (excludes halogenated alkanes) is 1. The van der Waals surface area contributed by atoms with Crippen molar-refractivity contribution in [3.63, 3.8) is 0 Å². The van der Waals surface area contributed by atoms with E-state index in [4.69, 9.17) is 15.2 Å². The summed E-state index contributed by atoms with van der Waals surface area (Å²) in [7, 11) is 1.35. The van der Waals surface area contributed by atoms with Gasteiger partial charge in [0.1, 0.15) is 17.0 Å². The number of ether oxygens (including phenoxy) is 3. The lowest BCUT2D eigenvalue weighted by Gasteiger charge is -2.21. The summed E-state index contributed by atoms with van der Waals surface area (Å²) in [6.07, 6.45) is 2.21. The van der Waals surface area contributed by atoms with E-state index in [9.17, 15) is 4.79 Å². The molecule has 0 bridgehead atoms. The summed E-state index contributed by atoms with van der Waals surface area (Å²) in [4.78, 5) is 11.4. The summed E-state index contributed by atoms with van der Waals surface area (Å²) in [5.74, 6) is 1.26. The summed E-state index contributed by atoms with van der Waals surface area (Å²) >= 11 is 0. The second-order valence-corrected chi connectivity index (χ2v) is 5.12. The third kappa shape index (κ3) is 6.04. The zero-order valence-electron chi connectivity index (χ0n) is 13.1. The Morgan fingerprint density at radius 2 is 1.71 bits per heavy atom. The Bertz CT molecular complexity index is 428. The van der Waals surface area contributed by atoms with Crippen LogP contribution in [0.25, 0.3) is 0 Å². The van der Waals surface area contributed by atoms with E-state index in [2.05, 4.69) is 4.74 Å². The van der Waals surface area contributed by atoms with Gasteiger partial charge < -0.3 is 19.9 Å². The monoisotopic (exact) mass is 295 g/mol. The summed E-state index contributed by atoms with van der Waals surface area (Å²) in [5, 5.41) is 0. The van der Waals surface area contributed by atoms with Crippen LogP contribution in [0.1, 0.15) is 33.1 Å². The van der Waals surface area contributed by atoms with Crippen molar-refractivity contribution < 1.29 is 19.0 Å². The molecule has 0 aliphatic carbocycles. The fourth-order valence-corrected chi connectivity index (χ4v) is 1.92.